The van der Waals surface area contributed by atoms with Gasteiger partial charge in [0, 0.05) is 24.3 Å². The molecule has 0 saturated heterocycles. The Hall–Kier alpha value is -1.25. The second-order valence-corrected chi connectivity index (χ2v) is 6.84. The van der Waals surface area contributed by atoms with Crippen LogP contribution in [0.15, 0.2) is 16.5 Å². The van der Waals surface area contributed by atoms with E-state index in [-0.39, 0.29) is 11.8 Å². The van der Waals surface area contributed by atoms with E-state index in [2.05, 4.69) is 59.0 Å². The van der Waals surface area contributed by atoms with Crippen LogP contribution in [0.5, 0.6) is 0 Å². The third-order valence-electron chi connectivity index (χ3n) is 2.99. The zero-order chi connectivity index (χ0) is 16.6. The van der Waals surface area contributed by atoms with Crippen LogP contribution in [-0.4, -0.2) is 12.5 Å². The van der Waals surface area contributed by atoms with Crippen LogP contribution in [0.25, 0.3) is 0 Å². The van der Waals surface area contributed by atoms with Crippen LogP contribution in [-0.2, 0) is 4.79 Å². The van der Waals surface area contributed by atoms with Crippen LogP contribution in [0.1, 0.15) is 78.7 Å². The van der Waals surface area contributed by atoms with E-state index in [1.54, 1.807) is 0 Å². The van der Waals surface area contributed by atoms with Gasteiger partial charge in [-0.25, -0.2) is 0 Å². The number of hydrogen-bond acceptors (Lipinski definition) is 2. The van der Waals surface area contributed by atoms with Crippen molar-refractivity contribution in [2.24, 2.45) is 11.8 Å². The van der Waals surface area contributed by atoms with Crippen molar-refractivity contribution in [1.82, 2.24) is 5.32 Å². The first kappa shape index (κ1) is 19.8. The first-order valence-corrected chi connectivity index (χ1v) is 8.02. The van der Waals surface area contributed by atoms with E-state index in [0.29, 0.717) is 17.8 Å². The predicted molar refractivity (Wildman–Crippen MR) is 89.6 cm³/mol. The van der Waals surface area contributed by atoms with E-state index in [1.165, 1.54) is 0 Å². The quantitative estimate of drug-likeness (QED) is 0.836. The highest BCUT2D eigenvalue weighted by molar-refractivity contribution is 5.77. The normalized spacial score (nSPS) is 11.0. The molecule has 0 bridgehead atoms. The largest absolute Gasteiger partial charge is 0.466 e. The molecule has 0 aliphatic rings. The summed E-state index contributed by atoms with van der Waals surface area (Å²) in [6.45, 7) is 17.3. The van der Waals surface area contributed by atoms with Gasteiger partial charge in [0.2, 0.25) is 5.91 Å². The van der Waals surface area contributed by atoms with Crippen LogP contribution >= 0.6 is 0 Å². The maximum absolute atomic E-state index is 10.9. The second kappa shape index (κ2) is 9.64. The minimum absolute atomic E-state index is 0.110. The first-order valence-electron chi connectivity index (χ1n) is 8.02. The number of carbonyl (C=O) groups excluding carboxylic acids is 1. The summed E-state index contributed by atoms with van der Waals surface area (Å²) in [5.41, 5.74) is 0. The van der Waals surface area contributed by atoms with Crippen molar-refractivity contribution in [2.75, 3.05) is 6.54 Å². The molecule has 0 aromatic carbocycles. The van der Waals surface area contributed by atoms with Crippen LogP contribution in [0.2, 0.25) is 0 Å². The summed E-state index contributed by atoms with van der Waals surface area (Å²) in [5.74, 6) is 3.99. The van der Waals surface area contributed by atoms with E-state index in [9.17, 15) is 4.79 Å². The molecule has 3 heteroatoms. The lowest BCUT2D eigenvalue weighted by Crippen LogP contribution is -2.30. The van der Waals surface area contributed by atoms with Gasteiger partial charge in [0.1, 0.15) is 11.5 Å². The number of hydrogen-bond donors (Lipinski definition) is 1. The molecule has 0 spiro atoms. The molecule has 0 aliphatic carbocycles. The summed E-state index contributed by atoms with van der Waals surface area (Å²) in [6, 6.07) is 4.14. The van der Waals surface area contributed by atoms with Gasteiger partial charge in [-0.3, -0.25) is 4.79 Å². The van der Waals surface area contributed by atoms with Crippen molar-refractivity contribution >= 4 is 5.91 Å². The molecular weight excluding hydrogens is 262 g/mol. The molecule has 0 unspecified atom stereocenters. The Kier molecular flexibility index (Phi) is 9.07. The van der Waals surface area contributed by atoms with Gasteiger partial charge in [-0.2, -0.15) is 0 Å². The van der Waals surface area contributed by atoms with Gasteiger partial charge in [0.25, 0.3) is 0 Å². The molecule has 0 radical (unpaired) electrons. The monoisotopic (exact) mass is 295 g/mol. The zero-order valence-electron chi connectivity index (χ0n) is 15.0. The van der Waals surface area contributed by atoms with Gasteiger partial charge in [-0.15, -0.1) is 0 Å². The highest BCUT2D eigenvalue weighted by Crippen LogP contribution is 2.22. The molecule has 21 heavy (non-hydrogen) atoms. The SMILES string of the molecule is CC(C)CNC(=O)C(C)C.CC(C)c1ccc(C(C)C)o1. The molecule has 0 atom stereocenters. The number of furan rings is 1. The van der Waals surface area contributed by atoms with E-state index >= 15 is 0 Å². The summed E-state index contributed by atoms with van der Waals surface area (Å²) in [7, 11) is 0. The van der Waals surface area contributed by atoms with Crippen LogP contribution < -0.4 is 5.32 Å². The van der Waals surface area contributed by atoms with Crippen LogP contribution in [0, 0.1) is 11.8 Å². The molecule has 1 aromatic rings. The van der Waals surface area contributed by atoms with Crippen LogP contribution in [0.4, 0.5) is 0 Å². The number of carbonyl (C=O) groups is 1. The molecular formula is C18H33NO2. The average Bonchev–Trinajstić information content (AvgIpc) is 2.86. The Labute approximate surface area is 130 Å². The second-order valence-electron chi connectivity index (χ2n) is 6.84. The van der Waals surface area contributed by atoms with Crippen LogP contribution in [0.3, 0.4) is 0 Å². The fourth-order valence-corrected chi connectivity index (χ4v) is 1.50. The Morgan fingerprint density at radius 3 is 1.62 bits per heavy atom. The third kappa shape index (κ3) is 8.59. The maximum atomic E-state index is 10.9. The third-order valence-corrected chi connectivity index (χ3v) is 2.99. The predicted octanol–water partition coefficient (Wildman–Crippen LogP) is 4.94. The molecule has 122 valence electrons. The van der Waals surface area contributed by atoms with Gasteiger partial charge < -0.3 is 9.73 Å². The molecule has 3 nitrogen and oxygen atoms in total. The van der Waals surface area contributed by atoms with E-state index in [4.69, 9.17) is 4.42 Å². The smallest absolute Gasteiger partial charge is 0.222 e. The Bertz CT molecular complexity index is 381. The fraction of sp³-hybridized carbons (Fsp3) is 0.722. The molecule has 1 aromatic heterocycles. The van der Waals surface area contributed by atoms with Gasteiger partial charge >= 0.3 is 0 Å². The van der Waals surface area contributed by atoms with E-state index in [1.807, 2.05) is 13.8 Å². The maximum Gasteiger partial charge on any atom is 0.222 e. The summed E-state index contributed by atoms with van der Waals surface area (Å²) >= 11 is 0. The number of rotatable bonds is 5. The van der Waals surface area contributed by atoms with Crippen molar-refractivity contribution in [3.05, 3.63) is 23.7 Å². The highest BCUT2D eigenvalue weighted by Gasteiger charge is 2.07. The lowest BCUT2D eigenvalue weighted by molar-refractivity contribution is -0.124. The zero-order valence-corrected chi connectivity index (χ0v) is 15.0. The van der Waals surface area contributed by atoms with Gasteiger partial charge in [0.05, 0.1) is 0 Å². The summed E-state index contributed by atoms with van der Waals surface area (Å²) in [5, 5.41) is 2.84. The van der Waals surface area contributed by atoms with Crippen molar-refractivity contribution in [3.8, 4) is 0 Å². The average molecular weight is 295 g/mol. The lowest BCUT2D eigenvalue weighted by atomic mass is 10.1. The Morgan fingerprint density at radius 2 is 1.38 bits per heavy atom. The summed E-state index contributed by atoms with van der Waals surface area (Å²) in [6.07, 6.45) is 0. The van der Waals surface area contributed by atoms with Gasteiger partial charge in [-0.05, 0) is 18.1 Å². The standard InChI is InChI=1S/C10H16O.C8H17NO/c1-7(2)9-5-6-10(11-9)8(3)4;1-6(2)5-9-8(10)7(3)4/h5-8H,1-4H3;6-7H,5H2,1-4H3,(H,9,10). The molecule has 0 fully saturated rings. The topological polar surface area (TPSA) is 42.2 Å². The van der Waals surface area contributed by atoms with Crippen molar-refractivity contribution in [2.45, 2.75) is 67.2 Å². The summed E-state index contributed by atoms with van der Waals surface area (Å²) in [4.78, 5) is 10.9. The molecule has 1 heterocycles. The number of amides is 1. The molecule has 1 N–H and O–H groups in total. The minimum atomic E-state index is 0.110. The van der Waals surface area contributed by atoms with Crippen molar-refractivity contribution in [3.63, 3.8) is 0 Å². The van der Waals surface area contributed by atoms with E-state index in [0.717, 1.165) is 18.1 Å². The van der Waals surface area contributed by atoms with Crippen molar-refractivity contribution in [1.29, 1.82) is 0 Å². The molecule has 1 amide bonds. The minimum Gasteiger partial charge on any atom is -0.466 e. The lowest BCUT2D eigenvalue weighted by Gasteiger charge is -2.08. The Balaban J connectivity index is 0.000000384. The first-order chi connectivity index (χ1) is 9.65. The molecule has 1 rings (SSSR count). The Morgan fingerprint density at radius 1 is 0.952 bits per heavy atom. The van der Waals surface area contributed by atoms with Gasteiger partial charge in [0.15, 0.2) is 0 Å². The van der Waals surface area contributed by atoms with Gasteiger partial charge in [-0.1, -0.05) is 55.4 Å². The van der Waals surface area contributed by atoms with E-state index < -0.39 is 0 Å². The number of nitrogens with one attached hydrogen (secondary N) is 1. The molecule has 0 aliphatic heterocycles. The van der Waals surface area contributed by atoms with Crippen molar-refractivity contribution < 1.29 is 9.21 Å². The molecule has 0 saturated carbocycles. The fourth-order valence-electron chi connectivity index (χ4n) is 1.50. The summed E-state index contributed by atoms with van der Waals surface area (Å²) < 4.78 is 5.61. The highest BCUT2D eigenvalue weighted by atomic mass is 16.3.